The van der Waals surface area contributed by atoms with Crippen molar-refractivity contribution in [3.05, 3.63) is 12.7 Å². The molecular weight excluding hydrogens is 166 g/mol. The molecule has 0 aromatic rings. The molecule has 0 aliphatic carbocycles. The van der Waals surface area contributed by atoms with Crippen LogP contribution in [0.3, 0.4) is 0 Å². The van der Waals surface area contributed by atoms with Crippen LogP contribution in [0.4, 0.5) is 4.79 Å². The van der Waals surface area contributed by atoms with E-state index in [4.69, 9.17) is 4.74 Å². The maximum atomic E-state index is 11.0. The summed E-state index contributed by atoms with van der Waals surface area (Å²) >= 11 is 0. The minimum absolute atomic E-state index is 0.0276. The van der Waals surface area contributed by atoms with Gasteiger partial charge in [-0.3, -0.25) is 0 Å². The van der Waals surface area contributed by atoms with Crippen LogP contribution in [0.2, 0.25) is 0 Å². The molecule has 1 amide bonds. The molecule has 1 rings (SSSR count). The van der Waals surface area contributed by atoms with Gasteiger partial charge in [0.1, 0.15) is 6.10 Å². The number of amides is 1. The number of alkyl carbamates (subject to hydrolysis) is 1. The quantitative estimate of drug-likeness (QED) is 0.666. The Morgan fingerprint density at radius 3 is 2.69 bits per heavy atom. The Kier molecular flexibility index (Phi) is 2.64. The maximum absolute atomic E-state index is 11.0. The molecule has 74 valence electrons. The zero-order valence-electron chi connectivity index (χ0n) is 8.46. The molecule has 1 aliphatic heterocycles. The second kappa shape index (κ2) is 3.40. The molecule has 0 aromatic carbocycles. The summed E-state index contributed by atoms with van der Waals surface area (Å²) in [7, 11) is 0. The van der Waals surface area contributed by atoms with Crippen LogP contribution in [0, 0.1) is 5.41 Å². The minimum Gasteiger partial charge on any atom is -0.444 e. The van der Waals surface area contributed by atoms with Gasteiger partial charge < -0.3 is 10.1 Å². The van der Waals surface area contributed by atoms with Gasteiger partial charge in [0.05, 0.1) is 6.04 Å². The van der Waals surface area contributed by atoms with E-state index in [0.29, 0.717) is 6.42 Å². The van der Waals surface area contributed by atoms with Crippen LogP contribution in [0.1, 0.15) is 27.2 Å². The van der Waals surface area contributed by atoms with Crippen molar-refractivity contribution in [1.29, 1.82) is 0 Å². The molecule has 3 heteroatoms. The summed E-state index contributed by atoms with van der Waals surface area (Å²) in [5.41, 5.74) is 0.0276. The highest BCUT2D eigenvalue weighted by Crippen LogP contribution is 2.28. The van der Waals surface area contributed by atoms with E-state index in [1.165, 1.54) is 0 Å². The third-order valence-corrected chi connectivity index (χ3v) is 2.24. The predicted molar refractivity (Wildman–Crippen MR) is 51.5 cm³/mol. The number of hydrogen-bond donors (Lipinski definition) is 1. The first-order valence-corrected chi connectivity index (χ1v) is 4.53. The Bertz CT molecular complexity index is 217. The summed E-state index contributed by atoms with van der Waals surface area (Å²) in [6.07, 6.45) is 2.11. The first-order valence-electron chi connectivity index (χ1n) is 4.53. The van der Waals surface area contributed by atoms with Crippen molar-refractivity contribution in [1.82, 2.24) is 5.32 Å². The smallest absolute Gasteiger partial charge is 0.407 e. The van der Waals surface area contributed by atoms with Gasteiger partial charge in [0.25, 0.3) is 0 Å². The monoisotopic (exact) mass is 183 g/mol. The Balaban J connectivity index is 2.71. The minimum atomic E-state index is -0.313. The highest BCUT2D eigenvalue weighted by Gasteiger charge is 2.40. The third kappa shape index (κ3) is 2.23. The molecule has 0 spiro atoms. The average Bonchev–Trinajstić information content (AvgIpc) is 2.30. The van der Waals surface area contributed by atoms with E-state index in [-0.39, 0.29) is 23.7 Å². The van der Waals surface area contributed by atoms with Crippen LogP contribution in [0.5, 0.6) is 0 Å². The van der Waals surface area contributed by atoms with Crippen LogP contribution in [0.25, 0.3) is 0 Å². The molecule has 1 N–H and O–H groups in total. The number of nitrogens with one attached hydrogen (secondary N) is 1. The number of cyclic esters (lactones) is 1. The molecule has 2 unspecified atom stereocenters. The van der Waals surface area contributed by atoms with Crippen LogP contribution < -0.4 is 5.32 Å². The zero-order chi connectivity index (χ0) is 10.1. The lowest BCUT2D eigenvalue weighted by molar-refractivity contribution is 0.113. The van der Waals surface area contributed by atoms with Crippen molar-refractivity contribution >= 4 is 6.09 Å². The highest BCUT2D eigenvalue weighted by atomic mass is 16.6. The lowest BCUT2D eigenvalue weighted by Gasteiger charge is -2.28. The second-order valence-corrected chi connectivity index (χ2v) is 4.46. The summed E-state index contributed by atoms with van der Waals surface area (Å²) < 4.78 is 5.12. The summed E-state index contributed by atoms with van der Waals surface area (Å²) in [4.78, 5) is 11.0. The molecule has 1 aliphatic rings. The summed E-state index contributed by atoms with van der Waals surface area (Å²) in [5, 5.41) is 2.82. The highest BCUT2D eigenvalue weighted by molar-refractivity contribution is 5.70. The fourth-order valence-electron chi connectivity index (χ4n) is 1.58. The van der Waals surface area contributed by atoms with Crippen molar-refractivity contribution in [3.8, 4) is 0 Å². The van der Waals surface area contributed by atoms with Crippen molar-refractivity contribution in [2.45, 2.75) is 39.3 Å². The fourth-order valence-corrected chi connectivity index (χ4v) is 1.58. The van der Waals surface area contributed by atoms with Gasteiger partial charge in [-0.25, -0.2) is 4.79 Å². The first kappa shape index (κ1) is 10.1. The Hall–Kier alpha value is -0.990. The van der Waals surface area contributed by atoms with Crippen LogP contribution >= 0.6 is 0 Å². The summed E-state index contributed by atoms with van der Waals surface area (Å²) in [6, 6.07) is 0.0815. The van der Waals surface area contributed by atoms with Gasteiger partial charge in [-0.1, -0.05) is 26.8 Å². The van der Waals surface area contributed by atoms with Gasteiger partial charge >= 0.3 is 6.09 Å². The van der Waals surface area contributed by atoms with Crippen molar-refractivity contribution in [2.75, 3.05) is 0 Å². The largest absolute Gasteiger partial charge is 0.444 e. The summed E-state index contributed by atoms with van der Waals surface area (Å²) in [5.74, 6) is 0. The number of hydrogen-bond acceptors (Lipinski definition) is 2. The molecule has 0 bridgehead atoms. The topological polar surface area (TPSA) is 38.3 Å². The third-order valence-electron chi connectivity index (χ3n) is 2.24. The number of carbonyl (C=O) groups is 1. The van der Waals surface area contributed by atoms with Crippen LogP contribution in [0.15, 0.2) is 12.7 Å². The molecule has 0 saturated carbocycles. The second-order valence-electron chi connectivity index (χ2n) is 4.46. The van der Waals surface area contributed by atoms with E-state index in [0.717, 1.165) is 0 Å². The van der Waals surface area contributed by atoms with Crippen LogP contribution in [-0.4, -0.2) is 18.2 Å². The fraction of sp³-hybridized carbons (Fsp3) is 0.700. The summed E-state index contributed by atoms with van der Waals surface area (Å²) in [6.45, 7) is 9.90. The zero-order valence-corrected chi connectivity index (χ0v) is 8.46. The SMILES string of the molecule is C=CCC1OC(=O)NC1C(C)(C)C. The van der Waals surface area contributed by atoms with Crippen molar-refractivity contribution in [3.63, 3.8) is 0 Å². The van der Waals surface area contributed by atoms with E-state index in [2.05, 4.69) is 32.7 Å². The Morgan fingerprint density at radius 1 is 1.62 bits per heavy atom. The number of carbonyl (C=O) groups excluding carboxylic acids is 1. The predicted octanol–water partition coefficient (Wildman–Crippen LogP) is 2.09. The normalized spacial score (nSPS) is 28.1. The Labute approximate surface area is 79.2 Å². The van der Waals surface area contributed by atoms with Crippen LogP contribution in [-0.2, 0) is 4.74 Å². The lowest BCUT2D eigenvalue weighted by atomic mass is 9.83. The van der Waals surface area contributed by atoms with Crippen molar-refractivity contribution < 1.29 is 9.53 Å². The lowest BCUT2D eigenvalue weighted by Crippen LogP contribution is -2.42. The molecule has 1 fully saturated rings. The molecular formula is C10H17NO2. The molecule has 2 atom stereocenters. The van der Waals surface area contributed by atoms with Gasteiger partial charge in [0.15, 0.2) is 0 Å². The molecule has 0 aromatic heterocycles. The average molecular weight is 183 g/mol. The van der Waals surface area contributed by atoms with Gasteiger partial charge in [-0.2, -0.15) is 0 Å². The number of ether oxygens (including phenoxy) is 1. The van der Waals surface area contributed by atoms with Gasteiger partial charge in [-0.15, -0.1) is 6.58 Å². The van der Waals surface area contributed by atoms with E-state index in [1.54, 1.807) is 6.08 Å². The van der Waals surface area contributed by atoms with E-state index < -0.39 is 0 Å². The number of rotatable bonds is 2. The van der Waals surface area contributed by atoms with E-state index >= 15 is 0 Å². The molecule has 3 nitrogen and oxygen atoms in total. The van der Waals surface area contributed by atoms with E-state index in [1.807, 2.05) is 0 Å². The molecule has 0 radical (unpaired) electrons. The first-order chi connectivity index (χ1) is 5.95. The van der Waals surface area contributed by atoms with Crippen molar-refractivity contribution in [2.24, 2.45) is 5.41 Å². The van der Waals surface area contributed by atoms with E-state index in [9.17, 15) is 4.79 Å². The molecule has 1 heterocycles. The Morgan fingerprint density at radius 2 is 2.23 bits per heavy atom. The molecule has 1 saturated heterocycles. The standard InChI is InChI=1S/C10H17NO2/c1-5-6-7-8(10(2,3)4)11-9(12)13-7/h5,7-8H,1,6H2,2-4H3,(H,11,12). The van der Waals surface area contributed by atoms with Gasteiger partial charge in [0, 0.05) is 6.42 Å². The molecule has 13 heavy (non-hydrogen) atoms. The van der Waals surface area contributed by atoms with Gasteiger partial charge in [-0.05, 0) is 5.41 Å². The maximum Gasteiger partial charge on any atom is 0.407 e. The van der Waals surface area contributed by atoms with Gasteiger partial charge in [0.2, 0.25) is 0 Å².